The van der Waals surface area contributed by atoms with E-state index in [0.717, 1.165) is 5.03 Å². The van der Waals surface area contributed by atoms with E-state index in [1.54, 1.807) is 0 Å². The first-order valence-electron chi connectivity index (χ1n) is 2.30. The summed E-state index contributed by atoms with van der Waals surface area (Å²) in [5.41, 5.74) is 1.46. The van der Waals surface area contributed by atoms with E-state index in [2.05, 4.69) is 0 Å². The van der Waals surface area contributed by atoms with Gasteiger partial charge in [-0.2, -0.15) is 0 Å². The molecule has 7 heavy (non-hydrogen) atoms. The molecule has 1 fully saturated rings. The fourth-order valence-corrected chi connectivity index (χ4v) is 0.845. The first kappa shape index (κ1) is 5.46. The van der Waals surface area contributed by atoms with E-state index in [-0.39, 0.29) is 0 Å². The van der Waals surface area contributed by atoms with E-state index in [4.69, 9.17) is 23.2 Å². The Morgan fingerprint density at radius 2 is 2.14 bits per heavy atom. The van der Waals surface area contributed by atoms with Gasteiger partial charge in [0.05, 0.1) is 0 Å². The second kappa shape index (κ2) is 2.06. The molecule has 0 aromatic heterocycles. The van der Waals surface area contributed by atoms with Crippen LogP contribution in [0.5, 0.6) is 0 Å². The molecule has 40 valence electrons. The zero-order chi connectivity index (χ0) is 5.28. The molecule has 0 aromatic carbocycles. The van der Waals surface area contributed by atoms with Crippen molar-refractivity contribution in [2.24, 2.45) is 5.92 Å². The van der Waals surface area contributed by atoms with Gasteiger partial charge >= 0.3 is 0 Å². The van der Waals surface area contributed by atoms with Crippen molar-refractivity contribution in [3.05, 3.63) is 10.6 Å². The van der Waals surface area contributed by atoms with Crippen LogP contribution in [0, 0.1) is 5.92 Å². The third-order valence-electron chi connectivity index (χ3n) is 1.07. The fourth-order valence-electron chi connectivity index (χ4n) is 0.448. The van der Waals surface area contributed by atoms with Crippen molar-refractivity contribution in [3.8, 4) is 0 Å². The Morgan fingerprint density at radius 1 is 1.57 bits per heavy atom. The fraction of sp³-hybridized carbons (Fsp3) is 0.600. The summed E-state index contributed by atoms with van der Waals surface area (Å²) < 4.78 is 0. The van der Waals surface area contributed by atoms with Gasteiger partial charge in [0.1, 0.15) is 0 Å². The molecule has 0 aliphatic heterocycles. The molecule has 1 rings (SSSR count). The van der Waals surface area contributed by atoms with E-state index < -0.39 is 0 Å². The molecular formula is C5H6Cl2. The summed E-state index contributed by atoms with van der Waals surface area (Å²) in [5, 5.41) is 0.821. The first-order valence-corrected chi connectivity index (χ1v) is 3.12. The highest BCUT2D eigenvalue weighted by Crippen LogP contribution is 2.38. The van der Waals surface area contributed by atoms with Crippen molar-refractivity contribution in [2.75, 3.05) is 0 Å². The van der Waals surface area contributed by atoms with Gasteiger partial charge < -0.3 is 0 Å². The highest BCUT2D eigenvalue weighted by atomic mass is 35.5. The van der Waals surface area contributed by atoms with Crippen LogP contribution < -0.4 is 0 Å². The molecule has 0 spiro atoms. The second-order valence-corrected chi connectivity index (χ2v) is 2.42. The van der Waals surface area contributed by atoms with E-state index >= 15 is 0 Å². The van der Waals surface area contributed by atoms with Crippen LogP contribution in [0.25, 0.3) is 0 Å². The highest BCUT2D eigenvalue weighted by Gasteiger charge is 2.23. The molecule has 0 atom stereocenters. The van der Waals surface area contributed by atoms with Gasteiger partial charge in [0.25, 0.3) is 0 Å². The molecule has 0 N–H and O–H groups in total. The second-order valence-electron chi connectivity index (χ2n) is 1.77. The lowest BCUT2D eigenvalue weighted by Gasteiger charge is -1.83. The van der Waals surface area contributed by atoms with Crippen LogP contribution in [0.15, 0.2) is 10.6 Å². The van der Waals surface area contributed by atoms with Gasteiger partial charge in [-0.05, 0) is 18.8 Å². The topological polar surface area (TPSA) is 0 Å². The predicted octanol–water partition coefficient (Wildman–Crippen LogP) is 2.72. The largest absolute Gasteiger partial charge is 0.0917 e. The Balaban J connectivity index is 2.37. The zero-order valence-corrected chi connectivity index (χ0v) is 5.34. The molecule has 0 unspecified atom stereocenters. The molecule has 0 aromatic rings. The van der Waals surface area contributed by atoms with Crippen molar-refractivity contribution in [1.82, 2.24) is 0 Å². The van der Waals surface area contributed by atoms with Crippen molar-refractivity contribution < 1.29 is 0 Å². The quantitative estimate of drug-likeness (QED) is 0.521. The van der Waals surface area contributed by atoms with Crippen molar-refractivity contribution in [1.29, 1.82) is 0 Å². The Labute approximate surface area is 53.1 Å². The summed E-state index contributed by atoms with van der Waals surface area (Å²) in [6.07, 6.45) is 2.45. The number of hydrogen-bond donors (Lipinski definition) is 0. The molecule has 0 radical (unpaired) electrons. The zero-order valence-electron chi connectivity index (χ0n) is 3.82. The van der Waals surface area contributed by atoms with Gasteiger partial charge in [-0.25, -0.2) is 0 Å². The summed E-state index contributed by atoms with van der Waals surface area (Å²) in [7, 11) is 0. The van der Waals surface area contributed by atoms with Gasteiger partial charge in [-0.3, -0.25) is 0 Å². The standard InChI is InChI=1S/C5H6Cl2/c6-3-5(7)4-1-2-4/h3-4H,1-2H2/b5-3+. The molecule has 0 heterocycles. The Kier molecular flexibility index (Phi) is 1.61. The van der Waals surface area contributed by atoms with Crippen molar-refractivity contribution >= 4 is 23.2 Å². The predicted molar refractivity (Wildman–Crippen MR) is 32.5 cm³/mol. The molecule has 2 heteroatoms. The lowest BCUT2D eigenvalue weighted by Crippen LogP contribution is -1.67. The Bertz CT molecular complexity index is 92.3. The van der Waals surface area contributed by atoms with E-state index in [9.17, 15) is 0 Å². The van der Waals surface area contributed by atoms with Crippen molar-refractivity contribution in [2.45, 2.75) is 12.8 Å². The minimum absolute atomic E-state index is 0.610. The maximum atomic E-state index is 5.59. The van der Waals surface area contributed by atoms with Gasteiger partial charge in [0.15, 0.2) is 0 Å². The van der Waals surface area contributed by atoms with Crippen LogP contribution in [-0.2, 0) is 0 Å². The minimum Gasteiger partial charge on any atom is -0.0917 e. The van der Waals surface area contributed by atoms with Crippen LogP contribution >= 0.6 is 23.2 Å². The third-order valence-corrected chi connectivity index (χ3v) is 1.84. The minimum atomic E-state index is 0.610. The highest BCUT2D eigenvalue weighted by molar-refractivity contribution is 6.36. The van der Waals surface area contributed by atoms with E-state index in [0.29, 0.717) is 5.92 Å². The van der Waals surface area contributed by atoms with Crippen LogP contribution in [0.2, 0.25) is 0 Å². The molecule has 0 nitrogen and oxygen atoms in total. The lowest BCUT2D eigenvalue weighted by atomic mass is 10.4. The van der Waals surface area contributed by atoms with Crippen molar-refractivity contribution in [3.63, 3.8) is 0 Å². The normalized spacial score (nSPS) is 22.9. The van der Waals surface area contributed by atoms with Crippen LogP contribution in [0.4, 0.5) is 0 Å². The summed E-state index contributed by atoms with van der Waals surface area (Å²) in [4.78, 5) is 0. The average Bonchev–Trinajstić information content (AvgIpc) is 2.44. The third kappa shape index (κ3) is 1.36. The number of allylic oxidation sites excluding steroid dienone is 1. The molecule has 0 saturated heterocycles. The van der Waals surface area contributed by atoms with Gasteiger partial charge in [0.2, 0.25) is 0 Å². The van der Waals surface area contributed by atoms with E-state index in [1.807, 2.05) is 0 Å². The number of hydrogen-bond acceptors (Lipinski definition) is 0. The first-order chi connectivity index (χ1) is 3.34. The SMILES string of the molecule is Cl/C=C(/Cl)C1CC1. The van der Waals surface area contributed by atoms with Gasteiger partial charge in [-0.15, -0.1) is 0 Å². The van der Waals surface area contributed by atoms with Gasteiger partial charge in [-0.1, -0.05) is 23.2 Å². The average molecular weight is 137 g/mol. The molecular weight excluding hydrogens is 131 g/mol. The molecule has 0 bridgehead atoms. The molecule has 1 aliphatic rings. The lowest BCUT2D eigenvalue weighted by molar-refractivity contribution is 1.10. The summed E-state index contributed by atoms with van der Waals surface area (Å²) in [6, 6.07) is 0. The molecule has 0 amide bonds. The van der Waals surface area contributed by atoms with Crippen LogP contribution in [0.3, 0.4) is 0 Å². The number of rotatable bonds is 1. The maximum Gasteiger partial charge on any atom is 0.0324 e. The van der Waals surface area contributed by atoms with Gasteiger partial charge in [0, 0.05) is 10.6 Å². The number of halogens is 2. The van der Waals surface area contributed by atoms with E-state index in [1.165, 1.54) is 18.4 Å². The maximum absolute atomic E-state index is 5.59. The summed E-state index contributed by atoms with van der Waals surface area (Å²) >= 11 is 10.9. The summed E-state index contributed by atoms with van der Waals surface area (Å²) in [5.74, 6) is 0.610. The smallest absolute Gasteiger partial charge is 0.0324 e. The summed E-state index contributed by atoms with van der Waals surface area (Å²) in [6.45, 7) is 0. The van der Waals surface area contributed by atoms with Crippen LogP contribution in [0.1, 0.15) is 12.8 Å². The van der Waals surface area contributed by atoms with Crippen LogP contribution in [-0.4, -0.2) is 0 Å². The molecule has 1 aliphatic carbocycles. The Hall–Kier alpha value is 0.320. The monoisotopic (exact) mass is 136 g/mol. The molecule has 1 saturated carbocycles. The Morgan fingerprint density at radius 3 is 2.29 bits per heavy atom.